The van der Waals surface area contributed by atoms with Gasteiger partial charge in [-0.05, 0) is 32.3 Å². The van der Waals surface area contributed by atoms with Gasteiger partial charge in [0, 0.05) is 19.2 Å². The number of piperidine rings is 1. The summed E-state index contributed by atoms with van der Waals surface area (Å²) >= 11 is 6.40. The number of nitrogens with two attached hydrogens (primary N) is 1. The zero-order valence-electron chi connectivity index (χ0n) is 14.8. The van der Waals surface area contributed by atoms with Crippen LogP contribution in [0.1, 0.15) is 36.6 Å². The highest BCUT2D eigenvalue weighted by Gasteiger charge is 2.29. The molecule has 0 aliphatic carbocycles. The summed E-state index contributed by atoms with van der Waals surface area (Å²) in [5, 5.41) is 4.90. The molecule has 0 spiro atoms. The van der Waals surface area contributed by atoms with Gasteiger partial charge >= 0.3 is 6.03 Å². The summed E-state index contributed by atoms with van der Waals surface area (Å²) in [6.07, 6.45) is 2.93. The fourth-order valence-electron chi connectivity index (χ4n) is 3.86. The SMILES string of the molecule is Cc1nn(C)c(Cl)c1-c1nc2c(C3CCCCN3C(N)=O)cccc2[nH]1. The largest absolute Gasteiger partial charge is 0.351 e. The number of para-hydroxylation sites is 1. The van der Waals surface area contributed by atoms with Gasteiger partial charge in [0.15, 0.2) is 0 Å². The molecular weight excluding hydrogens is 352 g/mol. The number of amides is 2. The van der Waals surface area contributed by atoms with Crippen molar-refractivity contribution in [3.8, 4) is 11.4 Å². The zero-order chi connectivity index (χ0) is 18.4. The van der Waals surface area contributed by atoms with Crippen LogP contribution in [0.15, 0.2) is 18.2 Å². The summed E-state index contributed by atoms with van der Waals surface area (Å²) < 4.78 is 1.64. The number of primary amides is 1. The fraction of sp³-hybridized carbons (Fsp3) is 0.389. The van der Waals surface area contributed by atoms with Crippen LogP contribution in [0.25, 0.3) is 22.4 Å². The number of carbonyl (C=O) groups excluding carboxylic acids is 1. The summed E-state index contributed by atoms with van der Waals surface area (Å²) in [5.41, 5.74) is 9.99. The summed E-state index contributed by atoms with van der Waals surface area (Å²) in [4.78, 5) is 21.8. The number of halogens is 1. The van der Waals surface area contributed by atoms with Gasteiger partial charge in [-0.15, -0.1) is 0 Å². The highest BCUT2D eigenvalue weighted by molar-refractivity contribution is 6.32. The molecule has 26 heavy (non-hydrogen) atoms. The van der Waals surface area contributed by atoms with Crippen molar-refractivity contribution in [3.63, 3.8) is 0 Å². The molecule has 1 aromatic carbocycles. The van der Waals surface area contributed by atoms with Gasteiger partial charge in [-0.25, -0.2) is 9.78 Å². The van der Waals surface area contributed by atoms with E-state index in [0.717, 1.165) is 47.1 Å². The summed E-state index contributed by atoms with van der Waals surface area (Å²) in [7, 11) is 1.81. The summed E-state index contributed by atoms with van der Waals surface area (Å²) in [6, 6.07) is 5.55. The maximum Gasteiger partial charge on any atom is 0.315 e. The normalized spacial score (nSPS) is 17.8. The predicted octanol–water partition coefficient (Wildman–Crippen LogP) is 3.53. The van der Waals surface area contributed by atoms with Crippen molar-refractivity contribution in [1.29, 1.82) is 0 Å². The van der Waals surface area contributed by atoms with E-state index >= 15 is 0 Å². The maximum absolute atomic E-state index is 11.9. The first-order valence-corrected chi connectivity index (χ1v) is 9.09. The first-order valence-electron chi connectivity index (χ1n) is 8.71. The van der Waals surface area contributed by atoms with Crippen LogP contribution in [0.2, 0.25) is 5.15 Å². The van der Waals surface area contributed by atoms with Crippen LogP contribution < -0.4 is 5.73 Å². The van der Waals surface area contributed by atoms with Crippen LogP contribution in [0.4, 0.5) is 4.79 Å². The molecule has 4 rings (SSSR count). The second kappa shape index (κ2) is 6.32. The van der Waals surface area contributed by atoms with Crippen molar-refractivity contribution in [2.45, 2.75) is 32.2 Å². The number of carbonyl (C=O) groups is 1. The molecule has 3 N–H and O–H groups in total. The van der Waals surface area contributed by atoms with E-state index in [-0.39, 0.29) is 12.1 Å². The number of H-pyrrole nitrogens is 1. The van der Waals surface area contributed by atoms with E-state index in [9.17, 15) is 4.79 Å². The minimum absolute atomic E-state index is 0.0495. The molecule has 7 nitrogen and oxygen atoms in total. The number of nitrogens with one attached hydrogen (secondary N) is 1. The highest BCUT2D eigenvalue weighted by Crippen LogP contribution is 2.36. The molecule has 1 unspecified atom stereocenters. The number of aromatic amines is 1. The highest BCUT2D eigenvalue weighted by atomic mass is 35.5. The van der Waals surface area contributed by atoms with E-state index in [0.29, 0.717) is 17.5 Å². The number of imidazole rings is 1. The lowest BCUT2D eigenvalue weighted by molar-refractivity contribution is 0.160. The van der Waals surface area contributed by atoms with Crippen molar-refractivity contribution >= 4 is 28.7 Å². The van der Waals surface area contributed by atoms with Gasteiger partial charge in [-0.1, -0.05) is 23.7 Å². The Kier molecular flexibility index (Phi) is 4.11. The molecule has 0 bridgehead atoms. The van der Waals surface area contributed by atoms with Crippen molar-refractivity contribution in [1.82, 2.24) is 24.6 Å². The molecule has 8 heteroatoms. The minimum Gasteiger partial charge on any atom is -0.351 e. The van der Waals surface area contributed by atoms with Crippen molar-refractivity contribution in [3.05, 3.63) is 34.6 Å². The van der Waals surface area contributed by atoms with Gasteiger partial charge in [0.1, 0.15) is 11.0 Å². The topological polar surface area (TPSA) is 92.8 Å². The van der Waals surface area contributed by atoms with E-state index in [1.165, 1.54) is 0 Å². The number of hydrogen-bond donors (Lipinski definition) is 2. The molecule has 0 radical (unpaired) electrons. The number of rotatable bonds is 2. The fourth-order valence-corrected chi connectivity index (χ4v) is 4.12. The van der Waals surface area contributed by atoms with Crippen LogP contribution >= 0.6 is 11.6 Å². The second-order valence-corrected chi connectivity index (χ2v) is 7.10. The van der Waals surface area contributed by atoms with Gasteiger partial charge in [-0.2, -0.15) is 5.10 Å². The van der Waals surface area contributed by atoms with Crippen LogP contribution in [0.3, 0.4) is 0 Å². The second-order valence-electron chi connectivity index (χ2n) is 6.75. The number of urea groups is 1. The van der Waals surface area contributed by atoms with Gasteiger partial charge in [0.25, 0.3) is 0 Å². The number of aryl methyl sites for hydroxylation is 2. The summed E-state index contributed by atoms with van der Waals surface area (Å²) in [6.45, 7) is 2.59. The molecule has 3 heterocycles. The lowest BCUT2D eigenvalue weighted by Crippen LogP contribution is -2.41. The van der Waals surface area contributed by atoms with E-state index in [1.807, 2.05) is 25.1 Å². The molecule has 2 amide bonds. The molecule has 1 saturated heterocycles. The van der Waals surface area contributed by atoms with Crippen LogP contribution in [0.5, 0.6) is 0 Å². The molecule has 1 aliphatic rings. The first kappa shape index (κ1) is 16.9. The number of likely N-dealkylation sites (tertiary alicyclic amines) is 1. The Labute approximate surface area is 156 Å². The molecule has 136 valence electrons. The molecule has 2 aromatic heterocycles. The van der Waals surface area contributed by atoms with Crippen LogP contribution in [0, 0.1) is 6.92 Å². The molecule has 1 aliphatic heterocycles. The van der Waals surface area contributed by atoms with Crippen LogP contribution in [-0.2, 0) is 7.05 Å². The van der Waals surface area contributed by atoms with Gasteiger partial charge in [0.05, 0.1) is 28.3 Å². The van der Waals surface area contributed by atoms with E-state index in [4.69, 9.17) is 22.3 Å². The Hall–Kier alpha value is -2.54. The van der Waals surface area contributed by atoms with E-state index in [1.54, 1.807) is 16.6 Å². The van der Waals surface area contributed by atoms with Crippen LogP contribution in [-0.4, -0.2) is 37.2 Å². The Morgan fingerprint density at radius 2 is 2.19 bits per heavy atom. The Morgan fingerprint density at radius 3 is 2.88 bits per heavy atom. The number of benzene rings is 1. The molecule has 0 saturated carbocycles. The summed E-state index contributed by atoms with van der Waals surface area (Å²) in [5.74, 6) is 0.685. The third-order valence-corrected chi connectivity index (χ3v) is 5.51. The van der Waals surface area contributed by atoms with Gasteiger partial charge in [-0.3, -0.25) is 4.68 Å². The average molecular weight is 373 g/mol. The van der Waals surface area contributed by atoms with Crippen molar-refractivity contribution in [2.24, 2.45) is 12.8 Å². The Balaban J connectivity index is 1.85. The van der Waals surface area contributed by atoms with Crippen molar-refractivity contribution < 1.29 is 4.79 Å². The Bertz CT molecular complexity index is 991. The Morgan fingerprint density at radius 1 is 1.38 bits per heavy atom. The van der Waals surface area contributed by atoms with E-state index < -0.39 is 0 Å². The van der Waals surface area contributed by atoms with Crippen molar-refractivity contribution in [2.75, 3.05) is 6.54 Å². The number of fused-ring (bicyclic) bond motifs is 1. The standard InChI is InChI=1S/C18H21ClN6O/c1-10-14(16(19)24(2)23-10)17-21-12-7-5-6-11(15(12)22-17)13-8-3-4-9-25(13)18(20)26/h5-7,13H,3-4,8-9H2,1-2H3,(H2,20,26)(H,21,22). The molecular formula is C18H21ClN6O. The predicted molar refractivity (Wildman–Crippen MR) is 101 cm³/mol. The van der Waals surface area contributed by atoms with Gasteiger partial charge < -0.3 is 15.6 Å². The first-order chi connectivity index (χ1) is 12.5. The van der Waals surface area contributed by atoms with E-state index in [2.05, 4.69) is 10.1 Å². The monoisotopic (exact) mass is 372 g/mol. The number of aromatic nitrogens is 4. The zero-order valence-corrected chi connectivity index (χ0v) is 15.5. The minimum atomic E-state index is -0.381. The maximum atomic E-state index is 11.9. The molecule has 3 aromatic rings. The lowest BCUT2D eigenvalue weighted by Gasteiger charge is -2.34. The third-order valence-electron chi connectivity index (χ3n) is 5.08. The smallest absolute Gasteiger partial charge is 0.315 e. The number of hydrogen-bond acceptors (Lipinski definition) is 3. The molecule has 1 atom stereocenters. The quantitative estimate of drug-likeness (QED) is 0.720. The lowest BCUT2D eigenvalue weighted by atomic mass is 9.94. The average Bonchev–Trinajstić information content (AvgIpc) is 3.15. The third kappa shape index (κ3) is 2.63. The molecule has 1 fully saturated rings. The number of nitrogens with zero attached hydrogens (tertiary/aromatic N) is 4. The van der Waals surface area contributed by atoms with Gasteiger partial charge in [0.2, 0.25) is 0 Å².